The van der Waals surface area contributed by atoms with Crippen molar-refractivity contribution in [3.63, 3.8) is 0 Å². The number of thiazole rings is 1. The van der Waals surface area contributed by atoms with E-state index >= 15 is 0 Å². The van der Waals surface area contributed by atoms with Crippen LogP contribution in [-0.4, -0.2) is 46.8 Å². The van der Waals surface area contributed by atoms with Crippen LogP contribution in [0.15, 0.2) is 12.1 Å². The van der Waals surface area contributed by atoms with Crippen LogP contribution in [0.2, 0.25) is 5.15 Å². The van der Waals surface area contributed by atoms with Gasteiger partial charge >= 0.3 is 5.97 Å². The zero-order valence-electron chi connectivity index (χ0n) is 15.1. The number of rotatable bonds is 5. The van der Waals surface area contributed by atoms with Gasteiger partial charge < -0.3 is 15.0 Å². The molecule has 0 bridgehead atoms. The Bertz CT molecular complexity index is 818. The lowest BCUT2D eigenvalue weighted by atomic mass is 9.96. The van der Waals surface area contributed by atoms with Gasteiger partial charge in [0.25, 0.3) is 0 Å². The van der Waals surface area contributed by atoms with Gasteiger partial charge in [-0.3, -0.25) is 4.79 Å². The molecule has 2 aromatic rings. The number of amides is 1. The molecule has 27 heavy (non-hydrogen) atoms. The summed E-state index contributed by atoms with van der Waals surface area (Å²) in [6.07, 6.45) is 1.40. The van der Waals surface area contributed by atoms with Gasteiger partial charge in [0.2, 0.25) is 5.91 Å². The zero-order valence-corrected chi connectivity index (χ0v) is 16.6. The third-order valence-corrected chi connectivity index (χ3v) is 5.55. The van der Waals surface area contributed by atoms with E-state index in [1.807, 2.05) is 6.07 Å². The highest BCUT2D eigenvalue weighted by atomic mass is 35.5. The Morgan fingerprint density at radius 1 is 1.33 bits per heavy atom. The van der Waals surface area contributed by atoms with E-state index in [1.165, 1.54) is 0 Å². The maximum Gasteiger partial charge on any atom is 0.350 e. The molecule has 3 heterocycles. The van der Waals surface area contributed by atoms with Crippen LogP contribution in [0.4, 0.5) is 10.9 Å². The minimum atomic E-state index is -0.412. The summed E-state index contributed by atoms with van der Waals surface area (Å²) < 4.78 is 5.00. The number of hydrogen-bond acceptors (Lipinski definition) is 8. The Morgan fingerprint density at radius 3 is 2.70 bits per heavy atom. The molecule has 1 aliphatic heterocycles. The number of ether oxygens (including phenoxy) is 1. The van der Waals surface area contributed by atoms with Gasteiger partial charge in [0.1, 0.15) is 4.88 Å². The Balaban J connectivity index is 1.56. The van der Waals surface area contributed by atoms with Gasteiger partial charge in [-0.2, -0.15) is 0 Å². The monoisotopic (exact) mass is 409 g/mol. The van der Waals surface area contributed by atoms with Crippen molar-refractivity contribution in [3.8, 4) is 0 Å². The van der Waals surface area contributed by atoms with Crippen LogP contribution in [0.3, 0.4) is 0 Å². The molecule has 1 saturated heterocycles. The van der Waals surface area contributed by atoms with Crippen LogP contribution < -0.4 is 10.2 Å². The third-order valence-electron chi connectivity index (χ3n) is 4.30. The van der Waals surface area contributed by atoms with Crippen LogP contribution >= 0.6 is 22.9 Å². The predicted octanol–water partition coefficient (Wildman–Crippen LogP) is 2.93. The second-order valence-corrected chi connectivity index (χ2v) is 7.51. The summed E-state index contributed by atoms with van der Waals surface area (Å²) in [5.74, 6) is 0.149. The quantitative estimate of drug-likeness (QED) is 0.758. The number of esters is 1. The molecule has 1 aliphatic rings. The summed E-state index contributed by atoms with van der Waals surface area (Å²) in [6.45, 7) is 5.19. The number of anilines is 2. The number of nitrogens with zero attached hydrogens (tertiary/aromatic N) is 4. The number of carbonyl (C=O) groups is 2. The molecular weight excluding hydrogens is 390 g/mol. The number of piperidine rings is 1. The minimum Gasteiger partial charge on any atom is -0.462 e. The number of halogens is 1. The highest BCUT2D eigenvalue weighted by molar-refractivity contribution is 7.17. The number of aromatic nitrogens is 3. The second-order valence-electron chi connectivity index (χ2n) is 6.12. The Morgan fingerprint density at radius 2 is 2.07 bits per heavy atom. The van der Waals surface area contributed by atoms with E-state index in [1.54, 1.807) is 19.9 Å². The molecule has 0 spiro atoms. The van der Waals surface area contributed by atoms with Crippen molar-refractivity contribution < 1.29 is 14.3 Å². The molecule has 1 fully saturated rings. The predicted molar refractivity (Wildman–Crippen MR) is 103 cm³/mol. The molecule has 0 atom stereocenters. The Labute approximate surface area is 165 Å². The van der Waals surface area contributed by atoms with Crippen LogP contribution in [0.5, 0.6) is 0 Å². The summed E-state index contributed by atoms with van der Waals surface area (Å²) in [6, 6.07) is 3.53. The molecule has 1 amide bonds. The largest absolute Gasteiger partial charge is 0.462 e. The molecule has 0 aliphatic carbocycles. The van der Waals surface area contributed by atoms with Gasteiger partial charge in [-0.25, -0.2) is 9.78 Å². The lowest BCUT2D eigenvalue weighted by molar-refractivity contribution is -0.120. The van der Waals surface area contributed by atoms with Gasteiger partial charge in [-0.15, -0.1) is 10.2 Å². The maximum absolute atomic E-state index is 12.5. The molecule has 3 rings (SSSR count). The molecule has 0 saturated carbocycles. The van der Waals surface area contributed by atoms with Crippen molar-refractivity contribution in [2.45, 2.75) is 26.7 Å². The summed E-state index contributed by atoms with van der Waals surface area (Å²) in [7, 11) is 0. The lowest BCUT2D eigenvalue weighted by Crippen LogP contribution is -2.38. The average molecular weight is 410 g/mol. The molecule has 8 nitrogen and oxygen atoms in total. The number of nitrogens with one attached hydrogen (secondary N) is 1. The Hall–Kier alpha value is -2.26. The third kappa shape index (κ3) is 4.72. The van der Waals surface area contributed by atoms with Crippen molar-refractivity contribution >= 4 is 45.8 Å². The van der Waals surface area contributed by atoms with E-state index in [9.17, 15) is 9.59 Å². The summed E-state index contributed by atoms with van der Waals surface area (Å²) in [4.78, 5) is 31.2. The number of carbonyl (C=O) groups excluding carboxylic acids is 2. The molecular formula is C17H20ClN5O3S. The minimum absolute atomic E-state index is 0.0824. The topological polar surface area (TPSA) is 97.3 Å². The van der Waals surface area contributed by atoms with Crippen molar-refractivity contribution in [2.24, 2.45) is 5.92 Å². The molecule has 0 aromatic carbocycles. The van der Waals surface area contributed by atoms with Gasteiger partial charge in [-0.1, -0.05) is 22.9 Å². The zero-order chi connectivity index (χ0) is 19.4. The molecule has 0 radical (unpaired) electrons. The number of hydrogen-bond donors (Lipinski definition) is 1. The standard InChI is InChI=1S/C17H20ClN5O3S/c1-3-26-16(25)14-10(2)19-17(27-14)20-15(24)11-6-8-23(9-7-11)13-5-4-12(18)21-22-13/h4-5,11H,3,6-9H2,1-2H3,(H,19,20,24). The first kappa shape index (κ1) is 19.5. The number of aryl methyl sites for hydroxylation is 1. The highest BCUT2D eigenvalue weighted by Gasteiger charge is 2.27. The van der Waals surface area contributed by atoms with Crippen LogP contribution in [0.25, 0.3) is 0 Å². The smallest absolute Gasteiger partial charge is 0.350 e. The van der Waals surface area contributed by atoms with Gasteiger partial charge in [0.15, 0.2) is 16.1 Å². The van der Waals surface area contributed by atoms with Crippen molar-refractivity contribution in [3.05, 3.63) is 27.9 Å². The first-order chi connectivity index (χ1) is 13.0. The highest BCUT2D eigenvalue weighted by Crippen LogP contribution is 2.26. The molecule has 1 N–H and O–H groups in total. The van der Waals surface area contributed by atoms with E-state index in [-0.39, 0.29) is 11.8 Å². The van der Waals surface area contributed by atoms with E-state index in [0.29, 0.717) is 53.4 Å². The van der Waals surface area contributed by atoms with E-state index in [2.05, 4.69) is 25.4 Å². The fraction of sp³-hybridized carbons (Fsp3) is 0.471. The fourth-order valence-corrected chi connectivity index (χ4v) is 3.86. The molecule has 144 valence electrons. The first-order valence-corrected chi connectivity index (χ1v) is 9.87. The second kappa shape index (κ2) is 8.62. The van der Waals surface area contributed by atoms with E-state index in [4.69, 9.17) is 16.3 Å². The van der Waals surface area contributed by atoms with Crippen molar-refractivity contribution in [1.29, 1.82) is 0 Å². The summed E-state index contributed by atoms with van der Waals surface area (Å²) in [5.41, 5.74) is 0.560. The SMILES string of the molecule is CCOC(=O)c1sc(NC(=O)C2CCN(c3ccc(Cl)nn3)CC2)nc1C. The molecule has 2 aromatic heterocycles. The van der Waals surface area contributed by atoms with Crippen molar-refractivity contribution in [1.82, 2.24) is 15.2 Å². The van der Waals surface area contributed by atoms with Gasteiger partial charge in [0, 0.05) is 19.0 Å². The van der Waals surface area contributed by atoms with Crippen LogP contribution in [-0.2, 0) is 9.53 Å². The summed E-state index contributed by atoms with van der Waals surface area (Å²) >= 11 is 6.90. The first-order valence-electron chi connectivity index (χ1n) is 8.67. The Kier molecular flexibility index (Phi) is 6.22. The van der Waals surface area contributed by atoms with Crippen LogP contribution in [0, 0.1) is 12.8 Å². The molecule has 0 unspecified atom stereocenters. The van der Waals surface area contributed by atoms with Crippen molar-refractivity contribution in [2.75, 3.05) is 29.9 Å². The maximum atomic E-state index is 12.5. The average Bonchev–Trinajstić information content (AvgIpc) is 3.03. The van der Waals surface area contributed by atoms with Gasteiger partial charge in [-0.05, 0) is 38.8 Å². The molecule has 10 heteroatoms. The van der Waals surface area contributed by atoms with E-state index in [0.717, 1.165) is 17.2 Å². The normalized spacial score (nSPS) is 14.9. The summed E-state index contributed by atoms with van der Waals surface area (Å²) in [5, 5.41) is 11.5. The van der Waals surface area contributed by atoms with E-state index < -0.39 is 5.97 Å². The van der Waals surface area contributed by atoms with Crippen LogP contribution in [0.1, 0.15) is 35.1 Å². The lowest BCUT2D eigenvalue weighted by Gasteiger charge is -2.31. The van der Waals surface area contributed by atoms with Gasteiger partial charge in [0.05, 0.1) is 12.3 Å². The fourth-order valence-electron chi connectivity index (χ4n) is 2.89.